The van der Waals surface area contributed by atoms with Gasteiger partial charge in [-0.2, -0.15) is 0 Å². The molecular weight excluding hydrogens is 432 g/mol. The molecule has 0 saturated carbocycles. The lowest BCUT2D eigenvalue weighted by Crippen LogP contribution is -2.51. The minimum atomic E-state index is -0.430. The Morgan fingerprint density at radius 3 is 2.47 bits per heavy atom. The monoisotopic (exact) mass is 454 g/mol. The third kappa shape index (κ3) is 5.17. The number of carbonyl (C=O) groups excluding carboxylic acids is 1. The summed E-state index contributed by atoms with van der Waals surface area (Å²) in [6.07, 6.45) is 5.44. The van der Waals surface area contributed by atoms with Crippen LogP contribution in [0.4, 0.5) is 16.2 Å². The van der Waals surface area contributed by atoms with Gasteiger partial charge in [0, 0.05) is 62.8 Å². The van der Waals surface area contributed by atoms with Crippen LogP contribution in [0.15, 0.2) is 61.2 Å². The van der Waals surface area contributed by atoms with Gasteiger partial charge in [-0.25, -0.2) is 9.78 Å². The number of nitrogens with one attached hydrogen (secondary N) is 1. The molecule has 0 aliphatic carbocycles. The van der Waals surface area contributed by atoms with Crippen molar-refractivity contribution in [1.82, 2.24) is 19.8 Å². The van der Waals surface area contributed by atoms with Crippen molar-refractivity contribution in [2.75, 3.05) is 31.1 Å². The van der Waals surface area contributed by atoms with E-state index in [4.69, 9.17) is 11.6 Å². The number of aromatic nitrogens is 2. The third-order valence-corrected chi connectivity index (χ3v) is 5.67. The highest BCUT2D eigenvalue weighted by atomic mass is 35.5. The zero-order valence-corrected chi connectivity index (χ0v) is 18.1. The van der Waals surface area contributed by atoms with Crippen LogP contribution in [0, 0.1) is 10.1 Å². The first kappa shape index (κ1) is 21.6. The highest BCUT2D eigenvalue weighted by Gasteiger charge is 2.25. The number of imidazole rings is 1. The molecule has 166 valence electrons. The molecule has 2 heterocycles. The summed E-state index contributed by atoms with van der Waals surface area (Å²) in [4.78, 5) is 31.2. The molecule has 0 bridgehead atoms. The minimum Gasteiger partial charge on any atom is -0.362 e. The van der Waals surface area contributed by atoms with E-state index in [9.17, 15) is 14.9 Å². The van der Waals surface area contributed by atoms with Gasteiger partial charge < -0.3 is 19.7 Å². The van der Waals surface area contributed by atoms with Crippen LogP contribution in [-0.4, -0.2) is 51.6 Å². The smallest absolute Gasteiger partial charge is 0.317 e. The highest BCUT2D eigenvalue weighted by molar-refractivity contribution is 6.30. The average molecular weight is 455 g/mol. The molecule has 2 amide bonds. The number of nitro groups is 1. The van der Waals surface area contributed by atoms with Gasteiger partial charge in [0.2, 0.25) is 0 Å². The number of rotatable bonds is 6. The Hall–Kier alpha value is -3.59. The molecular formula is C22H23ClN6O3. The number of benzene rings is 2. The van der Waals surface area contributed by atoms with Crippen molar-refractivity contribution in [3.8, 4) is 0 Å². The Bertz CT molecular complexity index is 1080. The van der Waals surface area contributed by atoms with Crippen molar-refractivity contribution in [2.24, 2.45) is 0 Å². The molecule has 32 heavy (non-hydrogen) atoms. The quantitative estimate of drug-likeness (QED) is 0.454. The molecule has 1 fully saturated rings. The van der Waals surface area contributed by atoms with Crippen molar-refractivity contribution in [3.63, 3.8) is 0 Å². The van der Waals surface area contributed by atoms with Gasteiger partial charge in [-0.1, -0.05) is 35.9 Å². The SMILES string of the molecule is O=C(NCc1ccc(Cn2ccnc2)cc1)N1CCN(c2ccc(Cl)cc2[N+](=O)[O-])CC1. The number of carbonyl (C=O) groups is 1. The summed E-state index contributed by atoms with van der Waals surface area (Å²) in [5.74, 6) is 0. The molecule has 1 aromatic heterocycles. The Kier molecular flexibility index (Phi) is 6.55. The van der Waals surface area contributed by atoms with E-state index in [2.05, 4.69) is 10.3 Å². The van der Waals surface area contributed by atoms with E-state index in [0.717, 1.165) is 17.7 Å². The summed E-state index contributed by atoms with van der Waals surface area (Å²) < 4.78 is 2.00. The molecule has 1 saturated heterocycles. The highest BCUT2D eigenvalue weighted by Crippen LogP contribution is 2.31. The van der Waals surface area contributed by atoms with Crippen LogP contribution in [0.2, 0.25) is 5.02 Å². The van der Waals surface area contributed by atoms with Crippen molar-refractivity contribution >= 4 is 29.0 Å². The van der Waals surface area contributed by atoms with E-state index < -0.39 is 4.92 Å². The predicted molar refractivity (Wildman–Crippen MR) is 122 cm³/mol. The van der Waals surface area contributed by atoms with Crippen LogP contribution in [-0.2, 0) is 13.1 Å². The molecule has 0 radical (unpaired) electrons. The maximum Gasteiger partial charge on any atom is 0.317 e. The Morgan fingerprint density at radius 2 is 1.81 bits per heavy atom. The fourth-order valence-electron chi connectivity index (χ4n) is 3.70. The van der Waals surface area contributed by atoms with Gasteiger partial charge in [0.05, 0.1) is 11.3 Å². The van der Waals surface area contributed by atoms with Crippen LogP contribution < -0.4 is 10.2 Å². The maximum absolute atomic E-state index is 12.6. The molecule has 0 unspecified atom stereocenters. The summed E-state index contributed by atoms with van der Waals surface area (Å²) in [6, 6.07) is 12.6. The Morgan fingerprint density at radius 1 is 1.09 bits per heavy atom. The Labute approximate surface area is 190 Å². The van der Waals surface area contributed by atoms with Crippen LogP contribution in [0.25, 0.3) is 0 Å². The van der Waals surface area contributed by atoms with Crippen LogP contribution in [0.5, 0.6) is 0 Å². The van der Waals surface area contributed by atoms with Gasteiger partial charge in [0.15, 0.2) is 0 Å². The molecule has 9 nitrogen and oxygen atoms in total. The van der Waals surface area contributed by atoms with Crippen molar-refractivity contribution in [3.05, 3.63) is 87.4 Å². The second kappa shape index (κ2) is 9.69. The fraction of sp³-hybridized carbons (Fsp3) is 0.273. The third-order valence-electron chi connectivity index (χ3n) is 5.43. The number of hydrogen-bond donors (Lipinski definition) is 1. The van der Waals surface area contributed by atoms with Gasteiger partial charge in [-0.15, -0.1) is 0 Å². The zero-order valence-electron chi connectivity index (χ0n) is 17.4. The maximum atomic E-state index is 12.6. The summed E-state index contributed by atoms with van der Waals surface area (Å²) >= 11 is 5.90. The van der Waals surface area contributed by atoms with Crippen molar-refractivity contribution in [2.45, 2.75) is 13.1 Å². The van der Waals surface area contributed by atoms with Crippen LogP contribution in [0.1, 0.15) is 11.1 Å². The van der Waals surface area contributed by atoms with E-state index in [-0.39, 0.29) is 11.7 Å². The second-order valence-corrected chi connectivity index (χ2v) is 8.01. The number of piperazine rings is 1. The van der Waals surface area contributed by atoms with Crippen LogP contribution >= 0.6 is 11.6 Å². The summed E-state index contributed by atoms with van der Waals surface area (Å²) in [5, 5.41) is 14.6. The largest absolute Gasteiger partial charge is 0.362 e. The van der Waals surface area contributed by atoms with E-state index in [1.165, 1.54) is 6.07 Å². The van der Waals surface area contributed by atoms with E-state index in [0.29, 0.717) is 43.4 Å². The molecule has 10 heteroatoms. The molecule has 0 spiro atoms. The first-order chi connectivity index (χ1) is 15.5. The number of amides is 2. The van der Waals surface area contributed by atoms with E-state index in [1.807, 2.05) is 39.9 Å². The lowest BCUT2D eigenvalue weighted by molar-refractivity contribution is -0.384. The number of nitro benzene ring substituents is 1. The summed E-state index contributed by atoms with van der Waals surface area (Å²) in [6.45, 7) is 3.18. The average Bonchev–Trinajstić information content (AvgIpc) is 3.31. The van der Waals surface area contributed by atoms with Gasteiger partial charge in [0.25, 0.3) is 5.69 Å². The zero-order chi connectivity index (χ0) is 22.5. The lowest BCUT2D eigenvalue weighted by Gasteiger charge is -2.35. The van der Waals surface area contributed by atoms with Crippen LogP contribution in [0.3, 0.4) is 0 Å². The van der Waals surface area contributed by atoms with Gasteiger partial charge in [-0.3, -0.25) is 10.1 Å². The Balaban J connectivity index is 1.27. The van der Waals surface area contributed by atoms with Gasteiger partial charge >= 0.3 is 6.03 Å². The number of anilines is 1. The molecule has 2 aromatic carbocycles. The van der Waals surface area contributed by atoms with E-state index >= 15 is 0 Å². The van der Waals surface area contributed by atoms with Crippen molar-refractivity contribution in [1.29, 1.82) is 0 Å². The predicted octanol–water partition coefficient (Wildman–Crippen LogP) is 3.52. The molecule has 0 atom stereocenters. The summed E-state index contributed by atoms with van der Waals surface area (Å²) in [7, 11) is 0. The van der Waals surface area contributed by atoms with Gasteiger partial charge in [-0.05, 0) is 23.3 Å². The number of halogens is 1. The number of hydrogen-bond acceptors (Lipinski definition) is 5. The first-order valence-electron chi connectivity index (χ1n) is 10.2. The molecule has 1 aliphatic rings. The number of nitrogens with zero attached hydrogens (tertiary/aromatic N) is 5. The molecule has 1 aliphatic heterocycles. The molecule has 3 aromatic rings. The van der Waals surface area contributed by atoms with Gasteiger partial charge in [0.1, 0.15) is 5.69 Å². The molecule has 1 N–H and O–H groups in total. The fourth-order valence-corrected chi connectivity index (χ4v) is 3.87. The van der Waals surface area contributed by atoms with E-state index in [1.54, 1.807) is 29.6 Å². The van der Waals surface area contributed by atoms with Crippen molar-refractivity contribution < 1.29 is 9.72 Å². The second-order valence-electron chi connectivity index (χ2n) is 7.57. The lowest BCUT2D eigenvalue weighted by atomic mass is 10.1. The number of urea groups is 1. The normalized spacial score (nSPS) is 13.8. The summed E-state index contributed by atoms with van der Waals surface area (Å²) in [5.41, 5.74) is 2.68. The molecule has 4 rings (SSSR count). The first-order valence-corrected chi connectivity index (χ1v) is 10.6. The standard InChI is InChI=1S/C22H23ClN6O3/c23-19-5-6-20(21(13-19)29(31)32)27-9-11-28(12-10-27)22(30)25-14-17-1-3-18(4-2-17)15-26-8-7-24-16-26/h1-8,13,16H,9-12,14-15H2,(H,25,30). The minimum absolute atomic E-state index is 0.0214. The topological polar surface area (TPSA) is 96.5 Å².